The van der Waals surface area contributed by atoms with Crippen LogP contribution in [0.3, 0.4) is 0 Å². The fourth-order valence-corrected chi connectivity index (χ4v) is 3.39. The zero-order chi connectivity index (χ0) is 18.4. The number of benzene rings is 2. The van der Waals surface area contributed by atoms with Crippen molar-refractivity contribution >= 4 is 11.7 Å². The molecule has 3 rings (SSSR count). The summed E-state index contributed by atoms with van der Waals surface area (Å²) in [5.74, 6) is 0.992. The Labute approximate surface area is 154 Å². The van der Waals surface area contributed by atoms with Crippen molar-refractivity contribution in [2.45, 2.75) is 38.6 Å². The number of nitrogens with one attached hydrogen (secondary N) is 1. The van der Waals surface area contributed by atoms with Crippen molar-refractivity contribution in [3.05, 3.63) is 65.7 Å². The third-order valence-electron chi connectivity index (χ3n) is 4.98. The maximum atomic E-state index is 12.4. The quantitative estimate of drug-likeness (QED) is 0.801. The first kappa shape index (κ1) is 18.2. The van der Waals surface area contributed by atoms with Crippen molar-refractivity contribution in [2.24, 2.45) is 5.92 Å². The van der Waals surface area contributed by atoms with E-state index < -0.39 is 0 Å². The highest BCUT2D eigenvalue weighted by Gasteiger charge is 2.22. The average molecular weight is 351 g/mol. The van der Waals surface area contributed by atoms with E-state index in [1.165, 1.54) is 19.3 Å². The van der Waals surface area contributed by atoms with Gasteiger partial charge in [0, 0.05) is 17.2 Å². The van der Waals surface area contributed by atoms with Gasteiger partial charge in [0.2, 0.25) is 0 Å². The first-order valence-electron chi connectivity index (χ1n) is 9.25. The molecule has 4 heteroatoms. The van der Waals surface area contributed by atoms with Gasteiger partial charge in [-0.1, -0.05) is 50.1 Å². The predicted molar refractivity (Wildman–Crippen MR) is 101 cm³/mol. The van der Waals surface area contributed by atoms with E-state index in [9.17, 15) is 9.59 Å². The minimum absolute atomic E-state index is 0.00476. The summed E-state index contributed by atoms with van der Waals surface area (Å²) >= 11 is 0. The predicted octanol–water partition coefficient (Wildman–Crippen LogP) is 3.99. The Balaban J connectivity index is 1.51. The van der Waals surface area contributed by atoms with Crippen molar-refractivity contribution in [1.82, 2.24) is 5.32 Å². The number of rotatable bonds is 6. The second kappa shape index (κ2) is 8.65. The number of ketones is 1. The molecular formula is C22H25NO3. The first-order valence-corrected chi connectivity index (χ1v) is 9.25. The van der Waals surface area contributed by atoms with Gasteiger partial charge in [0.1, 0.15) is 5.75 Å². The van der Waals surface area contributed by atoms with Crippen LogP contribution in [-0.4, -0.2) is 24.3 Å². The van der Waals surface area contributed by atoms with E-state index >= 15 is 0 Å². The molecule has 0 bridgehead atoms. The van der Waals surface area contributed by atoms with E-state index in [1.807, 2.05) is 18.2 Å². The van der Waals surface area contributed by atoms with Crippen LogP contribution < -0.4 is 10.1 Å². The van der Waals surface area contributed by atoms with Crippen LogP contribution in [-0.2, 0) is 4.79 Å². The zero-order valence-electron chi connectivity index (χ0n) is 15.1. The molecule has 2 atom stereocenters. The zero-order valence-corrected chi connectivity index (χ0v) is 15.1. The monoisotopic (exact) mass is 351 g/mol. The molecule has 1 fully saturated rings. The number of hydrogen-bond acceptors (Lipinski definition) is 3. The van der Waals surface area contributed by atoms with Crippen LogP contribution in [0, 0.1) is 5.92 Å². The van der Waals surface area contributed by atoms with Crippen molar-refractivity contribution in [3.8, 4) is 5.75 Å². The molecule has 0 radical (unpaired) electrons. The Hall–Kier alpha value is -2.62. The summed E-state index contributed by atoms with van der Waals surface area (Å²) in [5, 5.41) is 3.07. The van der Waals surface area contributed by atoms with Gasteiger partial charge in [0.15, 0.2) is 12.4 Å². The molecule has 2 aromatic carbocycles. The summed E-state index contributed by atoms with van der Waals surface area (Å²) in [7, 11) is 0. The number of hydrogen-bond donors (Lipinski definition) is 1. The topological polar surface area (TPSA) is 55.4 Å². The third-order valence-corrected chi connectivity index (χ3v) is 4.98. The second-order valence-corrected chi connectivity index (χ2v) is 6.94. The Morgan fingerprint density at radius 3 is 2.31 bits per heavy atom. The van der Waals surface area contributed by atoms with Crippen molar-refractivity contribution < 1.29 is 14.3 Å². The summed E-state index contributed by atoms with van der Waals surface area (Å²) in [6, 6.07) is 16.3. The normalized spacial score (nSPS) is 19.6. The SMILES string of the molecule is CC1CCCCC1NC(=O)COc1ccc(C(=O)c2ccccc2)cc1. The van der Waals surface area contributed by atoms with Crippen molar-refractivity contribution in [2.75, 3.05) is 6.61 Å². The highest BCUT2D eigenvalue weighted by Crippen LogP contribution is 2.23. The van der Waals surface area contributed by atoms with E-state index in [1.54, 1.807) is 36.4 Å². The molecule has 136 valence electrons. The molecule has 1 aliphatic carbocycles. The fraction of sp³-hybridized carbons (Fsp3) is 0.364. The van der Waals surface area contributed by atoms with E-state index in [-0.39, 0.29) is 24.3 Å². The summed E-state index contributed by atoms with van der Waals surface area (Å²) in [6.45, 7) is 2.18. The number of carbonyl (C=O) groups excluding carboxylic acids is 2. The summed E-state index contributed by atoms with van der Waals surface area (Å²) < 4.78 is 5.56. The van der Waals surface area contributed by atoms with Gasteiger partial charge in [-0.25, -0.2) is 0 Å². The maximum absolute atomic E-state index is 12.4. The minimum Gasteiger partial charge on any atom is -0.484 e. The lowest BCUT2D eigenvalue weighted by Crippen LogP contribution is -2.43. The van der Waals surface area contributed by atoms with Crippen molar-refractivity contribution in [1.29, 1.82) is 0 Å². The highest BCUT2D eigenvalue weighted by molar-refractivity contribution is 6.08. The van der Waals surface area contributed by atoms with Crippen LogP contribution in [0.15, 0.2) is 54.6 Å². The first-order chi connectivity index (χ1) is 12.6. The second-order valence-electron chi connectivity index (χ2n) is 6.94. The van der Waals surface area contributed by atoms with E-state index in [0.29, 0.717) is 22.8 Å². The summed E-state index contributed by atoms with van der Waals surface area (Å²) in [4.78, 5) is 24.5. The van der Waals surface area contributed by atoms with Crippen LogP contribution >= 0.6 is 0 Å². The molecule has 2 aromatic rings. The van der Waals surface area contributed by atoms with Crippen LogP contribution in [0.25, 0.3) is 0 Å². The number of amides is 1. The molecule has 0 aliphatic heterocycles. The maximum Gasteiger partial charge on any atom is 0.258 e. The number of carbonyl (C=O) groups is 2. The molecule has 0 aromatic heterocycles. The van der Waals surface area contributed by atoms with Gasteiger partial charge in [-0.15, -0.1) is 0 Å². The van der Waals surface area contributed by atoms with E-state index in [0.717, 1.165) is 6.42 Å². The van der Waals surface area contributed by atoms with Gasteiger partial charge in [0.25, 0.3) is 5.91 Å². The van der Waals surface area contributed by atoms with Crippen molar-refractivity contribution in [3.63, 3.8) is 0 Å². The third kappa shape index (κ3) is 4.72. The minimum atomic E-state index is -0.0896. The van der Waals surface area contributed by atoms with Gasteiger partial charge in [0.05, 0.1) is 0 Å². The average Bonchev–Trinajstić information content (AvgIpc) is 2.69. The lowest BCUT2D eigenvalue weighted by Gasteiger charge is -2.29. The standard InChI is InChI=1S/C22H25NO3/c1-16-7-5-6-10-20(16)23-21(24)15-26-19-13-11-18(12-14-19)22(25)17-8-3-2-4-9-17/h2-4,8-9,11-14,16,20H,5-7,10,15H2,1H3,(H,23,24). The molecule has 0 heterocycles. The lowest BCUT2D eigenvalue weighted by atomic mass is 9.86. The number of ether oxygens (including phenoxy) is 1. The van der Waals surface area contributed by atoms with Gasteiger partial charge in [-0.3, -0.25) is 9.59 Å². The molecule has 1 N–H and O–H groups in total. The smallest absolute Gasteiger partial charge is 0.258 e. The Kier molecular flexibility index (Phi) is 6.05. The Morgan fingerprint density at radius 2 is 1.62 bits per heavy atom. The van der Waals surface area contributed by atoms with Crippen LogP contribution in [0.5, 0.6) is 5.75 Å². The molecule has 0 saturated heterocycles. The Bertz CT molecular complexity index is 740. The van der Waals surface area contributed by atoms with Crippen LogP contribution in [0.2, 0.25) is 0 Å². The molecule has 1 aliphatic rings. The van der Waals surface area contributed by atoms with Crippen LogP contribution in [0.4, 0.5) is 0 Å². The molecule has 1 saturated carbocycles. The van der Waals surface area contributed by atoms with Crippen LogP contribution in [0.1, 0.15) is 48.5 Å². The van der Waals surface area contributed by atoms with E-state index in [2.05, 4.69) is 12.2 Å². The molecule has 0 spiro atoms. The molecule has 26 heavy (non-hydrogen) atoms. The molecule has 4 nitrogen and oxygen atoms in total. The van der Waals surface area contributed by atoms with Gasteiger partial charge in [-0.05, 0) is 43.0 Å². The molecule has 2 unspecified atom stereocenters. The largest absolute Gasteiger partial charge is 0.484 e. The fourth-order valence-electron chi connectivity index (χ4n) is 3.39. The Morgan fingerprint density at radius 1 is 0.962 bits per heavy atom. The summed E-state index contributed by atoms with van der Waals surface area (Å²) in [5.41, 5.74) is 1.26. The van der Waals surface area contributed by atoms with Gasteiger partial charge < -0.3 is 10.1 Å². The lowest BCUT2D eigenvalue weighted by molar-refractivity contribution is -0.124. The molecular weight excluding hydrogens is 326 g/mol. The summed E-state index contributed by atoms with van der Waals surface area (Å²) in [6.07, 6.45) is 4.64. The van der Waals surface area contributed by atoms with Gasteiger partial charge >= 0.3 is 0 Å². The highest BCUT2D eigenvalue weighted by atomic mass is 16.5. The molecule has 1 amide bonds. The van der Waals surface area contributed by atoms with Gasteiger partial charge in [-0.2, -0.15) is 0 Å². The van der Waals surface area contributed by atoms with E-state index in [4.69, 9.17) is 4.74 Å².